The van der Waals surface area contributed by atoms with Gasteiger partial charge in [-0.3, -0.25) is 9.52 Å². The van der Waals surface area contributed by atoms with E-state index in [1.807, 2.05) is 24.3 Å². The second-order valence-corrected chi connectivity index (χ2v) is 10.3. The van der Waals surface area contributed by atoms with E-state index in [-0.39, 0.29) is 17.9 Å². The lowest BCUT2D eigenvalue weighted by molar-refractivity contribution is -0.138. The molecule has 1 saturated carbocycles. The van der Waals surface area contributed by atoms with Crippen LogP contribution in [0.2, 0.25) is 0 Å². The molecule has 6 nitrogen and oxygen atoms in total. The SMILES string of the molecule is Cc1ccccc1[C@H]1CC(c2ccc(NS(C)(=O)=O)cc2)=NN1C(=O)C1CCCCC1. The molecule has 31 heavy (non-hydrogen) atoms. The van der Waals surface area contributed by atoms with Crippen LogP contribution in [-0.2, 0) is 14.8 Å². The minimum atomic E-state index is -3.32. The van der Waals surface area contributed by atoms with Gasteiger partial charge < -0.3 is 0 Å². The Morgan fingerprint density at radius 3 is 2.35 bits per heavy atom. The van der Waals surface area contributed by atoms with Crippen LogP contribution in [0, 0.1) is 12.8 Å². The standard InChI is InChI=1S/C24H29N3O3S/c1-17-8-6-7-11-21(17)23-16-22(18-12-14-20(15-13-18)26-31(2,29)30)25-27(23)24(28)19-9-4-3-5-10-19/h6-8,11-15,19,23,26H,3-5,9-10,16H2,1-2H3/t23-/m1/s1. The lowest BCUT2D eigenvalue weighted by Crippen LogP contribution is -2.34. The summed E-state index contributed by atoms with van der Waals surface area (Å²) >= 11 is 0. The largest absolute Gasteiger partial charge is 0.284 e. The third kappa shape index (κ3) is 4.98. The second kappa shape index (κ2) is 8.83. The summed E-state index contributed by atoms with van der Waals surface area (Å²) in [7, 11) is -3.32. The van der Waals surface area contributed by atoms with Crippen molar-refractivity contribution >= 4 is 27.3 Å². The van der Waals surface area contributed by atoms with Gasteiger partial charge in [0.25, 0.3) is 0 Å². The van der Waals surface area contributed by atoms with Crippen LogP contribution in [0.15, 0.2) is 53.6 Å². The lowest BCUT2D eigenvalue weighted by atomic mass is 9.87. The Kier molecular flexibility index (Phi) is 6.14. The molecule has 0 aromatic heterocycles. The van der Waals surface area contributed by atoms with Crippen LogP contribution in [0.25, 0.3) is 0 Å². The molecule has 0 bridgehead atoms. The summed E-state index contributed by atoms with van der Waals surface area (Å²) in [5.41, 5.74) is 4.54. The normalized spacial score (nSPS) is 19.9. The third-order valence-corrected chi connectivity index (χ3v) is 6.77. The van der Waals surface area contributed by atoms with E-state index < -0.39 is 10.0 Å². The highest BCUT2D eigenvalue weighted by molar-refractivity contribution is 7.92. The zero-order chi connectivity index (χ0) is 22.0. The molecule has 1 aliphatic heterocycles. The van der Waals surface area contributed by atoms with Crippen molar-refractivity contribution in [3.8, 4) is 0 Å². The number of carbonyl (C=O) groups excluding carboxylic acids is 1. The van der Waals surface area contributed by atoms with Crippen LogP contribution >= 0.6 is 0 Å². The summed E-state index contributed by atoms with van der Waals surface area (Å²) in [5.74, 6) is 0.169. The van der Waals surface area contributed by atoms with Gasteiger partial charge in [0, 0.05) is 18.0 Å². The number of sulfonamides is 1. The highest BCUT2D eigenvalue weighted by atomic mass is 32.2. The first-order valence-corrected chi connectivity index (χ1v) is 12.8. The van der Waals surface area contributed by atoms with Crippen LogP contribution in [0.4, 0.5) is 5.69 Å². The predicted molar refractivity (Wildman–Crippen MR) is 123 cm³/mol. The van der Waals surface area contributed by atoms with Gasteiger partial charge in [0.2, 0.25) is 15.9 Å². The number of benzene rings is 2. The summed E-state index contributed by atoms with van der Waals surface area (Å²) < 4.78 is 25.4. The predicted octanol–water partition coefficient (Wildman–Crippen LogP) is 4.62. The van der Waals surface area contributed by atoms with Gasteiger partial charge in [-0.25, -0.2) is 13.4 Å². The lowest BCUT2D eigenvalue weighted by Gasteiger charge is -2.29. The molecule has 2 aromatic carbocycles. The number of hydrogen-bond donors (Lipinski definition) is 1. The van der Waals surface area contributed by atoms with E-state index >= 15 is 0 Å². The van der Waals surface area contributed by atoms with E-state index in [0.717, 1.165) is 54.3 Å². The first kappa shape index (κ1) is 21.6. The maximum atomic E-state index is 13.4. The van der Waals surface area contributed by atoms with Crippen molar-refractivity contribution in [1.82, 2.24) is 5.01 Å². The second-order valence-electron chi connectivity index (χ2n) is 8.59. The molecule has 0 radical (unpaired) electrons. The Bertz CT molecular complexity index is 1090. The molecular formula is C24H29N3O3S. The molecule has 164 valence electrons. The summed E-state index contributed by atoms with van der Waals surface area (Å²) in [6, 6.07) is 15.2. The average molecular weight is 440 g/mol. The van der Waals surface area contributed by atoms with Crippen LogP contribution in [0.5, 0.6) is 0 Å². The molecule has 1 fully saturated rings. The molecule has 1 atom stereocenters. The molecule has 1 amide bonds. The van der Waals surface area contributed by atoms with Crippen molar-refractivity contribution in [3.63, 3.8) is 0 Å². The van der Waals surface area contributed by atoms with Crippen molar-refractivity contribution in [2.45, 2.75) is 51.5 Å². The van der Waals surface area contributed by atoms with Gasteiger partial charge in [0.1, 0.15) is 0 Å². The molecule has 1 aliphatic carbocycles. The Labute approximate surface area is 184 Å². The number of rotatable bonds is 5. The van der Waals surface area contributed by atoms with E-state index in [1.165, 1.54) is 6.42 Å². The zero-order valence-electron chi connectivity index (χ0n) is 18.0. The fourth-order valence-corrected chi connectivity index (χ4v) is 5.14. The summed E-state index contributed by atoms with van der Waals surface area (Å²) in [6.45, 7) is 2.07. The number of carbonyl (C=O) groups is 1. The van der Waals surface area contributed by atoms with Gasteiger partial charge in [-0.1, -0.05) is 55.7 Å². The molecule has 2 aliphatic rings. The van der Waals surface area contributed by atoms with E-state index in [0.29, 0.717) is 12.1 Å². The molecule has 1 N–H and O–H groups in total. The highest BCUT2D eigenvalue weighted by Crippen LogP contribution is 2.37. The topological polar surface area (TPSA) is 78.8 Å². The monoisotopic (exact) mass is 439 g/mol. The molecule has 7 heteroatoms. The molecule has 4 rings (SSSR count). The Morgan fingerprint density at radius 1 is 1.03 bits per heavy atom. The average Bonchev–Trinajstić information content (AvgIpc) is 3.19. The van der Waals surface area contributed by atoms with E-state index in [9.17, 15) is 13.2 Å². The first-order chi connectivity index (χ1) is 14.8. The minimum absolute atomic E-state index is 0.0460. The van der Waals surface area contributed by atoms with Gasteiger partial charge in [0.15, 0.2) is 0 Å². The quantitative estimate of drug-likeness (QED) is 0.738. The van der Waals surface area contributed by atoms with Crippen LogP contribution < -0.4 is 4.72 Å². The molecule has 0 unspecified atom stereocenters. The third-order valence-electron chi connectivity index (χ3n) is 6.16. The molecule has 2 aromatic rings. The minimum Gasteiger partial charge on any atom is -0.284 e. The summed E-state index contributed by atoms with van der Waals surface area (Å²) in [4.78, 5) is 13.4. The zero-order valence-corrected chi connectivity index (χ0v) is 18.9. The van der Waals surface area contributed by atoms with Crippen molar-refractivity contribution in [3.05, 3.63) is 65.2 Å². The maximum Gasteiger partial charge on any atom is 0.246 e. The fourth-order valence-electron chi connectivity index (χ4n) is 4.57. The van der Waals surface area contributed by atoms with E-state index in [1.54, 1.807) is 17.1 Å². The van der Waals surface area contributed by atoms with Crippen LogP contribution in [0.1, 0.15) is 61.3 Å². The Morgan fingerprint density at radius 2 is 1.71 bits per heavy atom. The van der Waals surface area contributed by atoms with Gasteiger partial charge >= 0.3 is 0 Å². The molecule has 0 spiro atoms. The van der Waals surface area contributed by atoms with Crippen molar-refractivity contribution in [2.24, 2.45) is 11.0 Å². The van der Waals surface area contributed by atoms with Gasteiger partial charge in [0.05, 0.1) is 18.0 Å². The summed E-state index contributed by atoms with van der Waals surface area (Å²) in [6.07, 6.45) is 7.05. The van der Waals surface area contributed by atoms with Gasteiger partial charge in [-0.15, -0.1) is 0 Å². The number of amides is 1. The summed E-state index contributed by atoms with van der Waals surface area (Å²) in [5, 5.41) is 6.52. The Balaban J connectivity index is 1.64. The Hall–Kier alpha value is -2.67. The molecule has 1 heterocycles. The van der Waals surface area contributed by atoms with Crippen molar-refractivity contribution < 1.29 is 13.2 Å². The van der Waals surface area contributed by atoms with Crippen LogP contribution in [0.3, 0.4) is 0 Å². The van der Waals surface area contributed by atoms with Crippen molar-refractivity contribution in [2.75, 3.05) is 11.0 Å². The van der Waals surface area contributed by atoms with Crippen LogP contribution in [-0.4, -0.2) is 31.3 Å². The highest BCUT2D eigenvalue weighted by Gasteiger charge is 2.37. The first-order valence-electron chi connectivity index (χ1n) is 10.9. The number of hydrazone groups is 1. The van der Waals surface area contributed by atoms with Gasteiger partial charge in [-0.2, -0.15) is 5.10 Å². The number of hydrogen-bond acceptors (Lipinski definition) is 4. The molecule has 0 saturated heterocycles. The van der Waals surface area contributed by atoms with Crippen molar-refractivity contribution in [1.29, 1.82) is 0 Å². The maximum absolute atomic E-state index is 13.4. The molecular weight excluding hydrogens is 410 g/mol. The van der Waals surface area contributed by atoms with Gasteiger partial charge in [-0.05, 0) is 48.6 Å². The number of nitrogens with one attached hydrogen (secondary N) is 1. The number of anilines is 1. The van der Waals surface area contributed by atoms with E-state index in [2.05, 4.69) is 23.8 Å². The smallest absolute Gasteiger partial charge is 0.246 e. The van der Waals surface area contributed by atoms with E-state index in [4.69, 9.17) is 5.10 Å². The fraction of sp³-hybridized carbons (Fsp3) is 0.417. The number of nitrogens with zero attached hydrogens (tertiary/aromatic N) is 2. The number of aryl methyl sites for hydroxylation is 1.